The summed E-state index contributed by atoms with van der Waals surface area (Å²) in [4.78, 5) is 4.28. The van der Waals surface area contributed by atoms with E-state index in [1.807, 2.05) is 26.0 Å². The normalized spacial score (nSPS) is 9.95. The Morgan fingerprint density at radius 3 is 2.65 bits per heavy atom. The summed E-state index contributed by atoms with van der Waals surface area (Å²) < 4.78 is 5.11. The lowest BCUT2D eigenvalue weighted by atomic mass is 10.1. The molecule has 0 unspecified atom stereocenters. The van der Waals surface area contributed by atoms with Crippen LogP contribution in [0.2, 0.25) is 5.02 Å². The summed E-state index contributed by atoms with van der Waals surface area (Å²) in [5, 5.41) is 12.9. The van der Waals surface area contributed by atoms with E-state index in [9.17, 15) is 5.26 Å². The molecule has 1 heterocycles. The van der Waals surface area contributed by atoms with E-state index in [1.54, 1.807) is 19.2 Å². The number of methoxy groups -OCH3 is 1. The van der Waals surface area contributed by atoms with Gasteiger partial charge in [-0.1, -0.05) is 11.6 Å². The summed E-state index contributed by atoms with van der Waals surface area (Å²) in [6.45, 7) is 3.71. The summed E-state index contributed by atoms with van der Waals surface area (Å²) in [5.74, 6) is 0.611. The van der Waals surface area contributed by atoms with Gasteiger partial charge in [-0.05, 0) is 38.1 Å². The molecule has 0 aliphatic rings. The highest BCUT2D eigenvalue weighted by molar-refractivity contribution is 6.32. The molecule has 102 valence electrons. The van der Waals surface area contributed by atoms with Crippen LogP contribution in [0, 0.1) is 25.2 Å². The maximum absolute atomic E-state index is 9.23. The molecule has 0 saturated carbocycles. The Kier molecular flexibility index (Phi) is 4.11. The second kappa shape index (κ2) is 5.81. The molecule has 0 bridgehead atoms. The van der Waals surface area contributed by atoms with E-state index < -0.39 is 0 Å². The van der Waals surface area contributed by atoms with Crippen molar-refractivity contribution in [2.75, 3.05) is 12.4 Å². The number of ether oxygens (including phenoxy) is 1. The van der Waals surface area contributed by atoms with Crippen molar-refractivity contribution in [2.45, 2.75) is 13.8 Å². The van der Waals surface area contributed by atoms with E-state index in [0.29, 0.717) is 22.0 Å². The topological polar surface area (TPSA) is 57.9 Å². The molecule has 1 aromatic carbocycles. The summed E-state index contributed by atoms with van der Waals surface area (Å²) in [6.07, 6.45) is 0. The molecular formula is C15H14ClN3O. The molecule has 1 aromatic heterocycles. The third kappa shape index (κ3) is 2.84. The second-order valence-corrected chi connectivity index (χ2v) is 4.76. The summed E-state index contributed by atoms with van der Waals surface area (Å²) in [6, 6.07) is 9.38. The molecule has 0 radical (unpaired) electrons. The summed E-state index contributed by atoms with van der Waals surface area (Å²) in [5.41, 5.74) is 3.59. The molecule has 5 heteroatoms. The Labute approximate surface area is 123 Å². The zero-order chi connectivity index (χ0) is 14.7. The smallest absolute Gasteiger partial charge is 0.137 e. The Bertz CT molecular complexity index is 692. The number of hydrogen-bond donors (Lipinski definition) is 1. The maximum atomic E-state index is 9.23. The van der Waals surface area contributed by atoms with Crippen LogP contribution in [-0.2, 0) is 0 Å². The number of halogens is 1. The van der Waals surface area contributed by atoms with Crippen molar-refractivity contribution in [3.05, 3.63) is 46.2 Å². The largest absolute Gasteiger partial charge is 0.495 e. The van der Waals surface area contributed by atoms with E-state index >= 15 is 0 Å². The first-order chi connectivity index (χ1) is 9.55. The van der Waals surface area contributed by atoms with Crippen LogP contribution in [-0.4, -0.2) is 12.1 Å². The van der Waals surface area contributed by atoms with Gasteiger partial charge in [0.05, 0.1) is 29.1 Å². The van der Waals surface area contributed by atoms with E-state index in [2.05, 4.69) is 16.4 Å². The minimum atomic E-state index is 0.513. The van der Waals surface area contributed by atoms with E-state index in [1.165, 1.54) is 0 Å². The number of nitrogens with zero attached hydrogens (tertiary/aromatic N) is 2. The lowest BCUT2D eigenvalue weighted by molar-refractivity contribution is 0.415. The molecule has 0 aliphatic carbocycles. The lowest BCUT2D eigenvalue weighted by Crippen LogP contribution is -1.99. The fourth-order valence-corrected chi connectivity index (χ4v) is 2.23. The van der Waals surface area contributed by atoms with E-state index in [0.717, 1.165) is 17.1 Å². The van der Waals surface area contributed by atoms with Crippen LogP contribution >= 0.6 is 11.6 Å². The van der Waals surface area contributed by atoms with E-state index in [4.69, 9.17) is 16.3 Å². The molecule has 1 N–H and O–H groups in total. The van der Waals surface area contributed by atoms with Gasteiger partial charge in [-0.15, -0.1) is 0 Å². The number of pyridine rings is 1. The van der Waals surface area contributed by atoms with Gasteiger partial charge in [-0.25, -0.2) is 0 Å². The van der Waals surface area contributed by atoms with Gasteiger partial charge in [0.2, 0.25) is 0 Å². The maximum Gasteiger partial charge on any atom is 0.137 e. The third-order valence-corrected chi connectivity index (χ3v) is 3.17. The molecule has 2 aromatic rings. The molecule has 0 fully saturated rings. The predicted octanol–water partition coefficient (Wildman–Crippen LogP) is 3.98. The molecule has 0 spiro atoms. The minimum absolute atomic E-state index is 0.513. The molecule has 0 amide bonds. The third-order valence-electron chi connectivity index (χ3n) is 2.87. The van der Waals surface area contributed by atoms with Crippen LogP contribution in [0.3, 0.4) is 0 Å². The van der Waals surface area contributed by atoms with Gasteiger partial charge in [0.1, 0.15) is 11.8 Å². The number of nitriles is 1. The van der Waals surface area contributed by atoms with Crippen molar-refractivity contribution >= 4 is 23.0 Å². The molecular weight excluding hydrogens is 274 g/mol. The summed E-state index contributed by atoms with van der Waals surface area (Å²) in [7, 11) is 1.57. The molecule has 0 aliphatic heterocycles. The number of hydrogen-bond acceptors (Lipinski definition) is 4. The van der Waals surface area contributed by atoms with Crippen molar-refractivity contribution in [3.63, 3.8) is 0 Å². The lowest BCUT2D eigenvalue weighted by Gasteiger charge is -2.12. The highest BCUT2D eigenvalue weighted by atomic mass is 35.5. The zero-order valence-electron chi connectivity index (χ0n) is 11.5. The number of rotatable bonds is 3. The minimum Gasteiger partial charge on any atom is -0.495 e. The van der Waals surface area contributed by atoms with Gasteiger partial charge in [0, 0.05) is 11.4 Å². The highest BCUT2D eigenvalue weighted by Crippen LogP contribution is 2.30. The van der Waals surface area contributed by atoms with Crippen molar-refractivity contribution in [3.8, 4) is 11.8 Å². The van der Waals surface area contributed by atoms with Crippen LogP contribution < -0.4 is 10.1 Å². The molecule has 2 rings (SSSR count). The average Bonchev–Trinajstić information content (AvgIpc) is 2.38. The number of aryl methyl sites for hydroxylation is 2. The number of benzene rings is 1. The second-order valence-electron chi connectivity index (χ2n) is 4.36. The van der Waals surface area contributed by atoms with E-state index in [-0.39, 0.29) is 0 Å². The van der Waals surface area contributed by atoms with Gasteiger partial charge >= 0.3 is 0 Å². The average molecular weight is 288 g/mol. The molecule has 0 saturated heterocycles. The molecule has 4 nitrogen and oxygen atoms in total. The van der Waals surface area contributed by atoms with Crippen molar-refractivity contribution < 1.29 is 4.74 Å². The molecule has 20 heavy (non-hydrogen) atoms. The van der Waals surface area contributed by atoms with Gasteiger partial charge in [0.25, 0.3) is 0 Å². The van der Waals surface area contributed by atoms with Gasteiger partial charge in [-0.3, -0.25) is 4.98 Å². The van der Waals surface area contributed by atoms with Crippen LogP contribution in [0.1, 0.15) is 17.0 Å². The zero-order valence-corrected chi connectivity index (χ0v) is 12.2. The summed E-state index contributed by atoms with van der Waals surface area (Å²) >= 11 is 6.09. The first kappa shape index (κ1) is 14.2. The Hall–Kier alpha value is -2.25. The monoisotopic (exact) mass is 287 g/mol. The van der Waals surface area contributed by atoms with Crippen LogP contribution in [0.5, 0.6) is 5.75 Å². The molecule has 0 atom stereocenters. The fraction of sp³-hybridized carbons (Fsp3) is 0.200. The SMILES string of the molecule is COc1ccc(Nc2cc(C)nc(C)c2C#N)cc1Cl. The Balaban J connectivity index is 2.40. The quantitative estimate of drug-likeness (QED) is 0.928. The predicted molar refractivity (Wildman–Crippen MR) is 79.7 cm³/mol. The Morgan fingerprint density at radius 2 is 2.05 bits per heavy atom. The standard InChI is InChI=1S/C15H14ClN3O/c1-9-6-14(12(8-17)10(2)18-9)19-11-4-5-15(20-3)13(16)7-11/h4-7H,1-3H3,(H,18,19). The van der Waals surface area contributed by atoms with Crippen LogP contribution in [0.25, 0.3) is 0 Å². The number of aromatic nitrogens is 1. The van der Waals surface area contributed by atoms with Gasteiger partial charge in [0.15, 0.2) is 0 Å². The van der Waals surface area contributed by atoms with Crippen molar-refractivity contribution in [1.82, 2.24) is 4.98 Å². The first-order valence-electron chi connectivity index (χ1n) is 6.04. The van der Waals surface area contributed by atoms with Gasteiger partial charge < -0.3 is 10.1 Å². The van der Waals surface area contributed by atoms with Crippen molar-refractivity contribution in [1.29, 1.82) is 5.26 Å². The number of anilines is 2. The number of nitrogens with one attached hydrogen (secondary N) is 1. The van der Waals surface area contributed by atoms with Crippen LogP contribution in [0.4, 0.5) is 11.4 Å². The van der Waals surface area contributed by atoms with Crippen molar-refractivity contribution in [2.24, 2.45) is 0 Å². The van der Waals surface area contributed by atoms with Crippen LogP contribution in [0.15, 0.2) is 24.3 Å². The Morgan fingerprint density at radius 1 is 1.30 bits per heavy atom. The van der Waals surface area contributed by atoms with Gasteiger partial charge in [-0.2, -0.15) is 5.26 Å². The first-order valence-corrected chi connectivity index (χ1v) is 6.42. The highest BCUT2D eigenvalue weighted by Gasteiger charge is 2.09. The fourth-order valence-electron chi connectivity index (χ4n) is 1.97.